The molecule has 0 unspecified atom stereocenters. The summed E-state index contributed by atoms with van der Waals surface area (Å²) in [4.78, 5) is 58.2. The zero-order valence-electron chi connectivity index (χ0n) is 59.7. The molecule has 0 amide bonds. The van der Waals surface area contributed by atoms with E-state index in [9.17, 15) is 0 Å². The van der Waals surface area contributed by atoms with Gasteiger partial charge in [0.1, 0.15) is 0 Å². The van der Waals surface area contributed by atoms with Crippen molar-refractivity contribution in [2.45, 2.75) is 55.4 Å². The highest BCUT2D eigenvalue weighted by Gasteiger charge is 2.04. The maximum Gasteiger partial charge on any atom is 0.0888 e. The third-order valence-corrected chi connectivity index (χ3v) is 15.2. The van der Waals surface area contributed by atoms with Crippen LogP contribution in [0.15, 0.2) is 355 Å². The number of hydrogen-bond donors (Lipinski definition) is 0. The number of nitrogens with zero attached hydrogens (tertiary/aromatic N) is 14. The van der Waals surface area contributed by atoms with E-state index in [2.05, 4.69) is 164 Å². The minimum Gasteiger partial charge on any atom is -0.265 e. The maximum atomic E-state index is 4.31. The van der Waals surface area contributed by atoms with Gasteiger partial charge in [-0.3, -0.25) is 69.8 Å². The van der Waals surface area contributed by atoms with Gasteiger partial charge in [-0.1, -0.05) is 78.9 Å². The van der Waals surface area contributed by atoms with Crippen LogP contribution in [0.5, 0.6) is 0 Å². The molecular formula is C90H82N14. The lowest BCUT2D eigenvalue weighted by atomic mass is 10.1. The first kappa shape index (κ1) is 74.8. The van der Waals surface area contributed by atoms with E-state index in [4.69, 9.17) is 0 Å². The molecule has 14 heterocycles. The minimum absolute atomic E-state index is 0.922. The van der Waals surface area contributed by atoms with Crippen molar-refractivity contribution in [3.63, 3.8) is 0 Å². The fourth-order valence-electron chi connectivity index (χ4n) is 9.99. The summed E-state index contributed by atoms with van der Waals surface area (Å²) in [6, 6.07) is 72.6. The number of aryl methyl sites for hydroxylation is 8. The molecule has 0 bridgehead atoms. The fourth-order valence-corrected chi connectivity index (χ4v) is 9.99. The number of benzene rings is 2. The molecule has 16 aromatic rings. The molecule has 0 saturated carbocycles. The molecule has 0 atom stereocenters. The normalized spacial score (nSPS) is 9.92. The van der Waals surface area contributed by atoms with Gasteiger partial charge in [0.05, 0.1) is 34.2 Å². The van der Waals surface area contributed by atoms with Crippen molar-refractivity contribution >= 4 is 0 Å². The van der Waals surface area contributed by atoms with Crippen LogP contribution in [0.3, 0.4) is 0 Å². The molecule has 14 heteroatoms. The first-order chi connectivity index (χ1) is 50.9. The average Bonchev–Trinajstić information content (AvgIpc) is 0.973. The SMILES string of the molecule is Cc1ccnc(-c2ccccc2)c1.Cc1ccnc(-c2ccccn2)c1.Cc1ccnc(-c2cccnc2)c1.Cc1ccnc(-c2ccncc2)c1.Cc1cncc(-c2ccccc2)c1.Cc1cncc(-c2ccccn2)c1.Cc1cncc(-c2cccnc2)c1.Cc1cncc(-c2ccncc2)c1. The van der Waals surface area contributed by atoms with E-state index in [1.54, 1.807) is 55.8 Å². The lowest BCUT2D eigenvalue weighted by Gasteiger charge is -2.00. The van der Waals surface area contributed by atoms with Crippen LogP contribution < -0.4 is 0 Å². The monoisotopic (exact) mass is 1360 g/mol. The second-order valence-corrected chi connectivity index (χ2v) is 24.0. The van der Waals surface area contributed by atoms with Crippen molar-refractivity contribution < 1.29 is 0 Å². The van der Waals surface area contributed by atoms with E-state index in [1.807, 2.05) is 260 Å². The molecule has 0 aliphatic carbocycles. The summed E-state index contributed by atoms with van der Waals surface area (Å²) in [6.07, 6.45) is 40.0. The highest BCUT2D eigenvalue weighted by Crippen LogP contribution is 2.23. The van der Waals surface area contributed by atoms with E-state index in [1.165, 1.54) is 55.6 Å². The van der Waals surface area contributed by atoms with Crippen molar-refractivity contribution in [1.29, 1.82) is 0 Å². The van der Waals surface area contributed by atoms with Gasteiger partial charge in [-0.15, -0.1) is 0 Å². The van der Waals surface area contributed by atoms with Crippen molar-refractivity contribution in [3.8, 4) is 89.8 Å². The maximum absolute atomic E-state index is 4.31. The van der Waals surface area contributed by atoms with Gasteiger partial charge in [0, 0.05) is 181 Å². The second-order valence-electron chi connectivity index (χ2n) is 24.0. The minimum atomic E-state index is 0.922. The molecule has 0 aliphatic rings. The van der Waals surface area contributed by atoms with Gasteiger partial charge < -0.3 is 0 Å². The molecule has 104 heavy (non-hydrogen) atoms. The summed E-state index contributed by atoms with van der Waals surface area (Å²) in [5.74, 6) is 0. The van der Waals surface area contributed by atoms with Crippen molar-refractivity contribution in [2.75, 3.05) is 0 Å². The number of pyridine rings is 14. The first-order valence-corrected chi connectivity index (χ1v) is 33.8. The van der Waals surface area contributed by atoms with Gasteiger partial charge in [0.2, 0.25) is 0 Å². The number of hydrogen-bond acceptors (Lipinski definition) is 14. The van der Waals surface area contributed by atoms with E-state index in [-0.39, 0.29) is 0 Å². The van der Waals surface area contributed by atoms with Crippen LogP contribution >= 0.6 is 0 Å². The highest BCUT2D eigenvalue weighted by molar-refractivity contribution is 5.65. The predicted octanol–water partition coefficient (Wildman–Crippen LogP) is 20.8. The zero-order chi connectivity index (χ0) is 72.8. The Morgan fingerprint density at radius 1 is 0.144 bits per heavy atom. The third kappa shape index (κ3) is 25.7. The quantitative estimate of drug-likeness (QED) is 0.140. The molecule has 14 aromatic heterocycles. The molecule has 0 fully saturated rings. The number of rotatable bonds is 8. The van der Waals surface area contributed by atoms with Crippen molar-refractivity contribution in [3.05, 3.63) is 399 Å². The van der Waals surface area contributed by atoms with Crippen molar-refractivity contribution in [1.82, 2.24) is 69.8 Å². The molecule has 0 spiro atoms. The fraction of sp³-hybridized carbons (Fsp3) is 0.0889. The summed E-state index contributed by atoms with van der Waals surface area (Å²) in [7, 11) is 0. The Morgan fingerprint density at radius 3 is 0.856 bits per heavy atom. The van der Waals surface area contributed by atoms with Crippen molar-refractivity contribution in [2.24, 2.45) is 0 Å². The van der Waals surface area contributed by atoms with E-state index in [0.717, 1.165) is 78.7 Å². The van der Waals surface area contributed by atoms with E-state index in [0.29, 0.717) is 0 Å². The Labute approximate surface area is 610 Å². The van der Waals surface area contributed by atoms with Crippen LogP contribution in [0, 0.1) is 55.4 Å². The average molecular weight is 1360 g/mol. The smallest absolute Gasteiger partial charge is 0.0888 e. The third-order valence-electron chi connectivity index (χ3n) is 15.2. The summed E-state index contributed by atoms with van der Waals surface area (Å²) in [5, 5.41) is 0. The van der Waals surface area contributed by atoms with Crippen LogP contribution in [0.1, 0.15) is 44.5 Å². The Bertz CT molecular complexity index is 4130. The standard InChI is InChI=1S/2C12H11N.6C11H10N2/c1-10-7-12(9-13-8-10)11-5-3-2-4-6-11;1-10-7-8-13-12(9-10)11-5-3-2-4-6-11;1-9-2-7-13-11(8-9)10-3-5-12-6-4-10;1-9-6-11(8-13-7-9)10-2-4-12-5-3-10;1-9-4-6-13-11(7-9)10-3-2-5-12-8-10;1-9-5-11(8-13-6-9)10-3-2-4-12-7-10;1-9-5-7-13-11(8-9)10-4-2-3-6-12-10;1-9-6-10(8-12-7-9)11-4-2-3-5-13-11/h2*2-9H,1H3;6*2-8H,1H3. The Balaban J connectivity index is 0.000000138. The van der Waals surface area contributed by atoms with Gasteiger partial charge in [0.15, 0.2) is 0 Å². The first-order valence-electron chi connectivity index (χ1n) is 33.8. The molecule has 0 N–H and O–H groups in total. The summed E-state index contributed by atoms with van der Waals surface area (Å²) in [5.41, 5.74) is 26.8. The van der Waals surface area contributed by atoms with E-state index < -0.39 is 0 Å². The van der Waals surface area contributed by atoms with Crippen LogP contribution in [-0.2, 0) is 0 Å². The Morgan fingerprint density at radius 2 is 0.452 bits per heavy atom. The van der Waals surface area contributed by atoms with Crippen LogP contribution in [0.2, 0.25) is 0 Å². The molecular weight excluding hydrogens is 1280 g/mol. The molecule has 512 valence electrons. The lowest BCUT2D eigenvalue weighted by molar-refractivity contribution is 1.23. The summed E-state index contributed by atoms with van der Waals surface area (Å²) < 4.78 is 0. The second kappa shape index (κ2) is 41.2. The van der Waals surface area contributed by atoms with E-state index >= 15 is 0 Å². The topological polar surface area (TPSA) is 180 Å². The number of aromatic nitrogens is 14. The van der Waals surface area contributed by atoms with Gasteiger partial charge in [-0.25, -0.2) is 0 Å². The van der Waals surface area contributed by atoms with Gasteiger partial charge >= 0.3 is 0 Å². The molecule has 16 rings (SSSR count). The summed E-state index contributed by atoms with van der Waals surface area (Å²) in [6.45, 7) is 16.4. The molecule has 0 saturated heterocycles. The van der Waals surface area contributed by atoms with Crippen LogP contribution in [0.4, 0.5) is 0 Å². The Hall–Kier alpha value is -13.5. The van der Waals surface area contributed by atoms with Gasteiger partial charge in [0.25, 0.3) is 0 Å². The largest absolute Gasteiger partial charge is 0.265 e. The Kier molecular flexibility index (Phi) is 29.6. The van der Waals surface area contributed by atoms with Crippen LogP contribution in [0.25, 0.3) is 89.8 Å². The lowest BCUT2D eigenvalue weighted by Crippen LogP contribution is -1.86. The molecule has 2 aromatic carbocycles. The predicted molar refractivity (Wildman–Crippen MR) is 422 cm³/mol. The summed E-state index contributed by atoms with van der Waals surface area (Å²) >= 11 is 0. The highest BCUT2D eigenvalue weighted by atomic mass is 14.8. The van der Waals surface area contributed by atoms with Crippen LogP contribution in [-0.4, -0.2) is 69.8 Å². The molecule has 0 radical (unpaired) electrons. The molecule has 14 nitrogen and oxygen atoms in total. The van der Waals surface area contributed by atoms with Gasteiger partial charge in [-0.05, 0) is 251 Å². The van der Waals surface area contributed by atoms with Gasteiger partial charge in [-0.2, -0.15) is 0 Å². The zero-order valence-corrected chi connectivity index (χ0v) is 59.7. The molecule has 0 aliphatic heterocycles.